The molecule has 0 aliphatic carbocycles. The lowest BCUT2D eigenvalue weighted by Crippen LogP contribution is -2.10. The number of furan rings is 2. The van der Waals surface area contributed by atoms with Gasteiger partial charge in [-0.25, -0.2) is 0 Å². The van der Waals surface area contributed by atoms with E-state index in [0.29, 0.717) is 0 Å². The quantitative estimate of drug-likeness (QED) is 0.156. The van der Waals surface area contributed by atoms with Crippen molar-refractivity contribution in [2.45, 2.75) is 0 Å². The summed E-state index contributed by atoms with van der Waals surface area (Å²) in [6.07, 6.45) is 0. The molecule has 0 radical (unpaired) electrons. The van der Waals surface area contributed by atoms with Gasteiger partial charge in [0.15, 0.2) is 0 Å². The van der Waals surface area contributed by atoms with Gasteiger partial charge in [0.05, 0.1) is 11.4 Å². The minimum absolute atomic E-state index is 0.880. The van der Waals surface area contributed by atoms with Crippen molar-refractivity contribution in [2.24, 2.45) is 0 Å². The zero-order valence-electron chi connectivity index (χ0n) is 37.1. The second-order valence-corrected chi connectivity index (χ2v) is 19.0. The van der Waals surface area contributed by atoms with Crippen LogP contribution in [0.5, 0.6) is 0 Å². The molecule has 0 unspecified atom stereocenters. The third-order valence-corrected chi connectivity index (χ3v) is 15.4. The summed E-state index contributed by atoms with van der Waals surface area (Å²) in [5.41, 5.74) is 10.1. The van der Waals surface area contributed by atoms with Crippen LogP contribution in [0.25, 0.3) is 107 Å². The number of anilines is 6. The molecule has 69 heavy (non-hydrogen) atoms. The first-order valence-corrected chi connectivity index (χ1v) is 24.2. The van der Waals surface area contributed by atoms with Crippen molar-refractivity contribution in [3.05, 3.63) is 231 Å². The molecule has 5 heteroatoms. The highest BCUT2D eigenvalue weighted by atomic mass is 32.1. The Morgan fingerprint density at radius 1 is 0.275 bits per heavy atom. The number of nitrogens with zero attached hydrogens (tertiary/aromatic N) is 2. The summed E-state index contributed by atoms with van der Waals surface area (Å²) in [5, 5.41) is 16.7. The Morgan fingerprint density at radius 3 is 1.28 bits per heavy atom. The van der Waals surface area contributed by atoms with Crippen LogP contribution in [0.2, 0.25) is 0 Å². The second-order valence-electron chi connectivity index (χ2n) is 18.0. The van der Waals surface area contributed by atoms with Gasteiger partial charge in [0.2, 0.25) is 0 Å². The number of hydrogen-bond donors (Lipinski definition) is 0. The van der Waals surface area contributed by atoms with E-state index in [-0.39, 0.29) is 0 Å². The SMILES string of the molecule is c1ccc2c(N(c3ccc4c(c3)sc3c5ccc(N(c6ccc7oc8ccccc8c7c6)c6cccc7ccccc67)cc5c5ccccc5c43)c3ccc4oc5ccccc5c4c3)cccc2c1. The van der Waals surface area contributed by atoms with Crippen LogP contribution in [0.4, 0.5) is 34.1 Å². The zero-order valence-corrected chi connectivity index (χ0v) is 37.9. The summed E-state index contributed by atoms with van der Waals surface area (Å²) in [5.74, 6) is 0. The smallest absolute Gasteiger partial charge is 0.135 e. The van der Waals surface area contributed by atoms with Crippen molar-refractivity contribution < 1.29 is 8.83 Å². The van der Waals surface area contributed by atoms with Gasteiger partial charge in [-0.15, -0.1) is 11.3 Å². The van der Waals surface area contributed by atoms with Crippen LogP contribution in [0.3, 0.4) is 0 Å². The third-order valence-electron chi connectivity index (χ3n) is 14.2. The van der Waals surface area contributed by atoms with E-state index in [4.69, 9.17) is 8.83 Å². The maximum absolute atomic E-state index is 6.33. The number of para-hydroxylation sites is 2. The zero-order chi connectivity index (χ0) is 45.2. The fraction of sp³-hybridized carbons (Fsp3) is 0. The highest BCUT2D eigenvalue weighted by molar-refractivity contribution is 7.27. The van der Waals surface area contributed by atoms with E-state index in [1.54, 1.807) is 0 Å². The van der Waals surface area contributed by atoms with Crippen LogP contribution in [-0.2, 0) is 0 Å². The molecule has 15 aromatic rings. The molecule has 3 heterocycles. The van der Waals surface area contributed by atoms with Crippen LogP contribution in [0.15, 0.2) is 239 Å². The lowest BCUT2D eigenvalue weighted by atomic mass is 9.96. The van der Waals surface area contributed by atoms with Gasteiger partial charge in [-0.3, -0.25) is 0 Å². The molecule has 0 spiro atoms. The summed E-state index contributed by atoms with van der Waals surface area (Å²) in [6, 6.07) is 83.4. The Kier molecular flexibility index (Phi) is 8.20. The Bertz CT molecular complexity index is 4590. The Labute approximate surface area is 399 Å². The van der Waals surface area contributed by atoms with Crippen LogP contribution < -0.4 is 9.80 Å². The Balaban J connectivity index is 0.947. The normalized spacial score (nSPS) is 12.1. The average Bonchev–Trinajstić information content (AvgIpc) is 4.10. The molecular weight excluding hydrogens is 861 g/mol. The van der Waals surface area contributed by atoms with Gasteiger partial charge in [-0.2, -0.15) is 0 Å². The monoisotopic (exact) mass is 898 g/mol. The first-order chi connectivity index (χ1) is 34.2. The molecule has 322 valence electrons. The highest BCUT2D eigenvalue weighted by Crippen LogP contribution is 2.49. The van der Waals surface area contributed by atoms with Crippen molar-refractivity contribution in [3.63, 3.8) is 0 Å². The van der Waals surface area contributed by atoms with Crippen LogP contribution in [0, 0.1) is 0 Å². The van der Waals surface area contributed by atoms with Crippen LogP contribution in [-0.4, -0.2) is 0 Å². The molecule has 0 aliphatic rings. The van der Waals surface area contributed by atoms with E-state index >= 15 is 0 Å². The summed E-state index contributed by atoms with van der Waals surface area (Å²) in [7, 11) is 0. The molecule has 15 rings (SSSR count). The summed E-state index contributed by atoms with van der Waals surface area (Å²) >= 11 is 1.88. The fourth-order valence-electron chi connectivity index (χ4n) is 11.1. The number of benzene rings is 12. The lowest BCUT2D eigenvalue weighted by Gasteiger charge is -2.27. The summed E-state index contributed by atoms with van der Waals surface area (Å²) in [4.78, 5) is 4.84. The molecule has 0 N–H and O–H groups in total. The molecule has 0 aliphatic heterocycles. The van der Waals surface area contributed by atoms with Gasteiger partial charge < -0.3 is 18.6 Å². The summed E-state index contributed by atoms with van der Waals surface area (Å²) in [6.45, 7) is 0. The molecular formula is C64H38N2O2S. The second kappa shape index (κ2) is 14.8. The predicted molar refractivity (Wildman–Crippen MR) is 293 cm³/mol. The Morgan fingerprint density at radius 2 is 0.696 bits per heavy atom. The van der Waals surface area contributed by atoms with Crippen LogP contribution in [0.1, 0.15) is 0 Å². The van der Waals surface area contributed by atoms with Crippen molar-refractivity contribution in [3.8, 4) is 0 Å². The molecule has 0 saturated carbocycles. The minimum Gasteiger partial charge on any atom is -0.456 e. The molecule has 0 amide bonds. The first kappa shape index (κ1) is 38.2. The van der Waals surface area contributed by atoms with Gasteiger partial charge in [-0.1, -0.05) is 146 Å². The van der Waals surface area contributed by atoms with E-state index in [1.165, 1.54) is 63.3 Å². The maximum Gasteiger partial charge on any atom is 0.135 e. The predicted octanol–water partition coefficient (Wildman–Crippen LogP) is 19.4. The van der Waals surface area contributed by atoms with Gasteiger partial charge in [0.25, 0.3) is 0 Å². The van der Waals surface area contributed by atoms with E-state index in [0.717, 1.165) is 78.0 Å². The van der Waals surface area contributed by atoms with E-state index in [2.05, 4.69) is 216 Å². The number of hydrogen-bond acceptors (Lipinski definition) is 5. The lowest BCUT2D eigenvalue weighted by molar-refractivity contribution is 0.668. The standard InChI is InChI=1S/C64H38N2O2S/c1-3-17-45-39(13-1)15-11-23-56(45)65(42-29-33-60-54(36-42)48-20-7-9-25-58(48)67-60)41-27-31-51-53(35-41)47-19-5-6-22-50(47)63-52-32-28-44(38-62(52)69-64(51)63)66(57-24-12-16-40-14-2-4-18-46(40)57)43-30-34-61-55(37-43)49-21-8-10-26-59(49)68-61/h1-38H. The highest BCUT2D eigenvalue weighted by Gasteiger charge is 2.23. The first-order valence-electron chi connectivity index (χ1n) is 23.4. The molecule has 0 saturated heterocycles. The largest absolute Gasteiger partial charge is 0.456 e. The van der Waals surface area contributed by atoms with Crippen molar-refractivity contribution >= 4 is 153 Å². The van der Waals surface area contributed by atoms with E-state index in [1.807, 2.05) is 35.6 Å². The average molecular weight is 899 g/mol. The minimum atomic E-state index is 0.880. The fourth-order valence-corrected chi connectivity index (χ4v) is 12.4. The van der Waals surface area contributed by atoms with Gasteiger partial charge in [-0.05, 0) is 112 Å². The van der Waals surface area contributed by atoms with Gasteiger partial charge in [0.1, 0.15) is 22.3 Å². The molecule has 0 atom stereocenters. The number of thiophene rings is 1. The molecule has 0 fully saturated rings. The van der Waals surface area contributed by atoms with Gasteiger partial charge >= 0.3 is 0 Å². The van der Waals surface area contributed by atoms with E-state index in [9.17, 15) is 0 Å². The number of fused-ring (bicyclic) bond motifs is 16. The summed E-state index contributed by atoms with van der Waals surface area (Å²) < 4.78 is 15.2. The third kappa shape index (κ3) is 5.81. The van der Waals surface area contributed by atoms with E-state index < -0.39 is 0 Å². The molecule has 0 bridgehead atoms. The molecule has 4 nitrogen and oxygen atoms in total. The van der Waals surface area contributed by atoms with Gasteiger partial charge in [0, 0.05) is 80.6 Å². The number of rotatable bonds is 6. The van der Waals surface area contributed by atoms with Crippen molar-refractivity contribution in [1.82, 2.24) is 0 Å². The van der Waals surface area contributed by atoms with Crippen molar-refractivity contribution in [1.29, 1.82) is 0 Å². The maximum atomic E-state index is 6.33. The molecule has 12 aromatic carbocycles. The topological polar surface area (TPSA) is 32.8 Å². The van der Waals surface area contributed by atoms with Crippen LogP contribution >= 0.6 is 11.3 Å². The van der Waals surface area contributed by atoms with Crippen molar-refractivity contribution in [2.75, 3.05) is 9.80 Å². The Hall–Kier alpha value is -8.90. The molecule has 3 aromatic heterocycles.